The van der Waals surface area contributed by atoms with Crippen molar-refractivity contribution in [3.8, 4) is 0 Å². The van der Waals surface area contributed by atoms with E-state index in [1.165, 1.54) is 19.3 Å². The van der Waals surface area contributed by atoms with Crippen molar-refractivity contribution < 1.29 is 9.59 Å². The number of anilines is 2. The van der Waals surface area contributed by atoms with Crippen LogP contribution >= 0.6 is 0 Å². The van der Waals surface area contributed by atoms with Gasteiger partial charge < -0.3 is 10.2 Å². The molecule has 1 aromatic rings. The topological polar surface area (TPSA) is 62.3 Å². The molecule has 1 N–H and O–H groups in total. The minimum atomic E-state index is -0.00120. The first-order valence-corrected chi connectivity index (χ1v) is 12.4. The first-order chi connectivity index (χ1) is 15.1. The molecule has 2 aliphatic rings. The molecule has 1 saturated heterocycles. The van der Waals surface area contributed by atoms with E-state index >= 15 is 0 Å². The van der Waals surface area contributed by atoms with Crippen LogP contribution in [-0.2, 0) is 11.2 Å². The van der Waals surface area contributed by atoms with Gasteiger partial charge in [-0.2, -0.15) is 0 Å². The fraction of sp³-hybridized carbons (Fsp3) is 0.654. The molecule has 1 aromatic heterocycles. The Morgan fingerprint density at radius 3 is 2.52 bits per heavy atom. The lowest BCUT2D eigenvalue weighted by Crippen LogP contribution is -2.33. The maximum absolute atomic E-state index is 13.3. The smallest absolute Gasteiger partial charge is 0.227 e. The Morgan fingerprint density at radius 1 is 1.03 bits per heavy atom. The summed E-state index contributed by atoms with van der Waals surface area (Å²) in [6, 6.07) is 0. The molecule has 0 aromatic carbocycles. The monoisotopic (exact) mass is 425 g/mol. The minimum absolute atomic E-state index is 0.00120. The van der Waals surface area contributed by atoms with Gasteiger partial charge in [0.1, 0.15) is 5.69 Å². The van der Waals surface area contributed by atoms with E-state index in [2.05, 4.69) is 34.3 Å². The van der Waals surface area contributed by atoms with Crippen LogP contribution in [0.3, 0.4) is 0 Å². The van der Waals surface area contributed by atoms with E-state index in [0.29, 0.717) is 5.69 Å². The normalized spacial score (nSPS) is 21.4. The second-order valence-electron chi connectivity index (χ2n) is 9.07. The molecule has 31 heavy (non-hydrogen) atoms. The lowest BCUT2D eigenvalue weighted by atomic mass is 9.93. The molecule has 1 amide bonds. The molecule has 0 saturated carbocycles. The third-order valence-electron chi connectivity index (χ3n) is 6.56. The summed E-state index contributed by atoms with van der Waals surface area (Å²) < 4.78 is 0. The van der Waals surface area contributed by atoms with E-state index in [1.54, 1.807) is 13.1 Å². The van der Waals surface area contributed by atoms with Crippen LogP contribution in [0.2, 0.25) is 0 Å². The molecule has 170 valence electrons. The first-order valence-electron chi connectivity index (χ1n) is 12.4. The number of hydrogen-bond donors (Lipinski definition) is 1. The number of nitrogens with zero attached hydrogens (tertiary/aromatic N) is 2. The molecular formula is C26H39N3O2. The van der Waals surface area contributed by atoms with Crippen molar-refractivity contribution in [2.24, 2.45) is 5.92 Å². The summed E-state index contributed by atoms with van der Waals surface area (Å²) in [5.74, 6) is 0.129. The van der Waals surface area contributed by atoms with Crippen LogP contribution in [-0.4, -0.2) is 29.8 Å². The van der Waals surface area contributed by atoms with Crippen molar-refractivity contribution in [2.75, 3.05) is 23.3 Å². The number of Topliss-reactive ketones (excluding diaryl/α,β-unsaturated/α-hetero) is 1. The number of hydrogen-bond acceptors (Lipinski definition) is 4. The van der Waals surface area contributed by atoms with Crippen molar-refractivity contribution in [1.29, 1.82) is 0 Å². The Balaban J connectivity index is 1.90. The second kappa shape index (κ2) is 12.0. The molecule has 1 fully saturated rings. The summed E-state index contributed by atoms with van der Waals surface area (Å²) in [6.45, 7) is 5.65. The molecule has 3 rings (SSSR count). The Morgan fingerprint density at radius 2 is 1.77 bits per heavy atom. The number of pyridine rings is 1. The number of carbonyl (C=O) groups excluding carboxylic acids is 2. The van der Waals surface area contributed by atoms with Gasteiger partial charge >= 0.3 is 0 Å². The van der Waals surface area contributed by atoms with E-state index in [1.807, 2.05) is 0 Å². The molecule has 0 bridgehead atoms. The summed E-state index contributed by atoms with van der Waals surface area (Å²) >= 11 is 0. The van der Waals surface area contributed by atoms with Crippen molar-refractivity contribution >= 4 is 23.1 Å². The highest BCUT2D eigenvalue weighted by molar-refractivity contribution is 6.00. The summed E-state index contributed by atoms with van der Waals surface area (Å²) in [5.41, 5.74) is 3.38. The van der Waals surface area contributed by atoms with E-state index in [0.717, 1.165) is 87.8 Å². The molecular weight excluding hydrogens is 386 g/mol. The molecule has 1 atom stereocenters. The third kappa shape index (κ3) is 6.41. The van der Waals surface area contributed by atoms with Crippen LogP contribution in [0.15, 0.2) is 18.3 Å². The zero-order valence-electron chi connectivity index (χ0n) is 19.4. The van der Waals surface area contributed by atoms with Crippen molar-refractivity contribution in [3.05, 3.63) is 29.6 Å². The molecule has 5 heteroatoms. The van der Waals surface area contributed by atoms with Gasteiger partial charge in [0.05, 0.1) is 17.6 Å². The zero-order valence-corrected chi connectivity index (χ0v) is 19.4. The van der Waals surface area contributed by atoms with Crippen LogP contribution in [0.5, 0.6) is 0 Å². The first kappa shape index (κ1) is 23.5. The average molecular weight is 426 g/mol. The van der Waals surface area contributed by atoms with Gasteiger partial charge in [0, 0.05) is 31.5 Å². The predicted octanol–water partition coefficient (Wildman–Crippen LogP) is 6.08. The fourth-order valence-electron chi connectivity index (χ4n) is 4.91. The standard InChI is InChI=1S/C26H39N3O2/c1-3-14-22-24(20(2)30)27-19-23(25(22)29-17-12-9-13-18-29)28-26(31)21-15-10-7-5-4-6-8-11-16-21/h5,7,19,21H,3-4,6,8-18H2,1-2H3,(H,28,31)/b7-5-. The molecule has 5 nitrogen and oxygen atoms in total. The van der Waals surface area contributed by atoms with Gasteiger partial charge in [-0.1, -0.05) is 38.3 Å². The van der Waals surface area contributed by atoms with E-state index in [4.69, 9.17) is 0 Å². The summed E-state index contributed by atoms with van der Waals surface area (Å²) in [6.07, 6.45) is 18.9. The molecule has 2 heterocycles. The number of piperidine rings is 1. The van der Waals surface area contributed by atoms with Gasteiger partial charge in [0.25, 0.3) is 0 Å². The molecule has 0 spiro atoms. The largest absolute Gasteiger partial charge is 0.370 e. The maximum Gasteiger partial charge on any atom is 0.227 e. The van der Waals surface area contributed by atoms with Crippen molar-refractivity contribution in [3.63, 3.8) is 0 Å². The zero-order chi connectivity index (χ0) is 22.1. The SMILES string of the molecule is CCCc1c(C(C)=O)ncc(NC(=O)C2CC/C=C\CCCCC2)c1N1CCCCC1. The molecule has 1 aliphatic carbocycles. The Labute approximate surface area is 187 Å². The van der Waals surface area contributed by atoms with Crippen LogP contribution in [0.4, 0.5) is 11.4 Å². The Bertz CT molecular complexity index is 781. The van der Waals surface area contributed by atoms with Gasteiger partial charge in [-0.15, -0.1) is 0 Å². The summed E-state index contributed by atoms with van der Waals surface area (Å²) in [5, 5.41) is 3.25. The van der Waals surface area contributed by atoms with Gasteiger partial charge in [0.15, 0.2) is 5.78 Å². The molecule has 1 unspecified atom stereocenters. The minimum Gasteiger partial charge on any atom is -0.370 e. The van der Waals surface area contributed by atoms with Gasteiger partial charge in [-0.25, -0.2) is 0 Å². The van der Waals surface area contributed by atoms with Gasteiger partial charge in [0.2, 0.25) is 5.91 Å². The number of aromatic nitrogens is 1. The molecule has 0 radical (unpaired) electrons. The number of allylic oxidation sites excluding steroid dienone is 2. The Hall–Kier alpha value is -2.17. The Kier molecular flexibility index (Phi) is 9.11. The highest BCUT2D eigenvalue weighted by Crippen LogP contribution is 2.35. The average Bonchev–Trinajstić information content (AvgIpc) is 2.78. The van der Waals surface area contributed by atoms with Crippen molar-refractivity contribution in [2.45, 2.75) is 90.9 Å². The van der Waals surface area contributed by atoms with Gasteiger partial charge in [-0.3, -0.25) is 14.6 Å². The fourth-order valence-corrected chi connectivity index (χ4v) is 4.91. The van der Waals surface area contributed by atoms with Crippen LogP contribution in [0.1, 0.15) is 101 Å². The lowest BCUT2D eigenvalue weighted by Gasteiger charge is -2.33. The highest BCUT2D eigenvalue weighted by Gasteiger charge is 2.26. The van der Waals surface area contributed by atoms with E-state index in [9.17, 15) is 9.59 Å². The highest BCUT2D eigenvalue weighted by atomic mass is 16.2. The third-order valence-corrected chi connectivity index (χ3v) is 6.56. The van der Waals surface area contributed by atoms with Crippen LogP contribution < -0.4 is 10.2 Å². The number of ketones is 1. The summed E-state index contributed by atoms with van der Waals surface area (Å²) in [4.78, 5) is 32.5. The lowest BCUT2D eigenvalue weighted by molar-refractivity contribution is -0.120. The van der Waals surface area contributed by atoms with Gasteiger partial charge in [-0.05, 0) is 57.8 Å². The second-order valence-corrected chi connectivity index (χ2v) is 9.07. The van der Waals surface area contributed by atoms with E-state index in [-0.39, 0.29) is 17.6 Å². The van der Waals surface area contributed by atoms with Crippen LogP contribution in [0, 0.1) is 5.92 Å². The van der Waals surface area contributed by atoms with Crippen LogP contribution in [0.25, 0.3) is 0 Å². The number of amides is 1. The quantitative estimate of drug-likeness (QED) is 0.443. The maximum atomic E-state index is 13.3. The van der Waals surface area contributed by atoms with E-state index < -0.39 is 0 Å². The van der Waals surface area contributed by atoms with Crippen molar-refractivity contribution in [1.82, 2.24) is 4.98 Å². The number of rotatable bonds is 6. The predicted molar refractivity (Wildman–Crippen MR) is 128 cm³/mol. The number of carbonyl (C=O) groups is 2. The number of nitrogens with one attached hydrogen (secondary N) is 1. The molecule has 1 aliphatic heterocycles. The summed E-state index contributed by atoms with van der Waals surface area (Å²) in [7, 11) is 0.